The lowest BCUT2D eigenvalue weighted by atomic mass is 9.73. The van der Waals surface area contributed by atoms with Crippen LogP contribution < -0.4 is 0 Å². The first-order valence-corrected chi connectivity index (χ1v) is 6.22. The van der Waals surface area contributed by atoms with E-state index in [1.165, 1.54) is 31.3 Å². The number of nitriles is 2. The van der Waals surface area contributed by atoms with Gasteiger partial charge in [0.1, 0.15) is 0 Å². The molecule has 2 heteroatoms. The summed E-state index contributed by atoms with van der Waals surface area (Å²) >= 11 is 0. The summed E-state index contributed by atoms with van der Waals surface area (Å²) in [6.07, 6.45) is 5.64. The number of rotatable bonds is 0. The summed E-state index contributed by atoms with van der Waals surface area (Å²) in [5.41, 5.74) is 0.424. The van der Waals surface area contributed by atoms with Crippen LogP contribution >= 0.6 is 0 Å². The Kier molecular flexibility index (Phi) is 1.93. The maximum Gasteiger partial charge on any atom is 0.151 e. The van der Waals surface area contributed by atoms with Crippen molar-refractivity contribution in [3.05, 3.63) is 12.2 Å². The van der Waals surface area contributed by atoms with E-state index in [-0.39, 0.29) is 0 Å². The summed E-state index contributed by atoms with van der Waals surface area (Å²) in [5, 5.41) is 18.8. The molecule has 0 spiro atoms. The molecule has 0 aromatic heterocycles. The van der Waals surface area contributed by atoms with Crippen LogP contribution in [0.4, 0.5) is 0 Å². The van der Waals surface area contributed by atoms with Gasteiger partial charge < -0.3 is 0 Å². The molecule has 0 aromatic rings. The molecule has 16 heavy (non-hydrogen) atoms. The van der Waals surface area contributed by atoms with Gasteiger partial charge in [0.05, 0.1) is 12.1 Å². The monoisotopic (exact) mass is 212 g/mol. The summed E-state index contributed by atoms with van der Waals surface area (Å²) in [7, 11) is 0. The number of hydrogen-bond donors (Lipinski definition) is 0. The minimum atomic E-state index is -0.745. The van der Waals surface area contributed by atoms with Crippen molar-refractivity contribution in [2.45, 2.75) is 32.1 Å². The average molecular weight is 212 g/mol. The van der Waals surface area contributed by atoms with Gasteiger partial charge >= 0.3 is 0 Å². The molecule has 3 saturated carbocycles. The maximum absolute atomic E-state index is 9.39. The highest BCUT2D eigenvalue weighted by atomic mass is 14.6. The molecule has 2 nitrogen and oxygen atoms in total. The summed E-state index contributed by atoms with van der Waals surface area (Å²) in [5.74, 6) is 2.16. The van der Waals surface area contributed by atoms with Crippen molar-refractivity contribution < 1.29 is 0 Å². The smallest absolute Gasteiger partial charge is 0.151 e. The molecule has 0 aromatic carbocycles. The van der Waals surface area contributed by atoms with Crippen LogP contribution in [0, 0.1) is 51.7 Å². The maximum atomic E-state index is 9.39. The van der Waals surface area contributed by atoms with Crippen molar-refractivity contribution in [3.63, 3.8) is 0 Å². The van der Waals surface area contributed by atoms with E-state index in [2.05, 4.69) is 18.7 Å². The molecule has 0 saturated heterocycles. The predicted octanol–water partition coefficient (Wildman–Crippen LogP) is 3.03. The molecule has 3 aliphatic rings. The Balaban J connectivity index is 2.04. The minimum Gasteiger partial charge on any atom is -0.197 e. The molecule has 0 radical (unpaired) electrons. The highest BCUT2D eigenvalue weighted by Crippen LogP contribution is 2.64. The number of hydrogen-bond acceptors (Lipinski definition) is 2. The lowest BCUT2D eigenvalue weighted by molar-refractivity contribution is 0.244. The van der Waals surface area contributed by atoms with E-state index < -0.39 is 5.41 Å². The summed E-state index contributed by atoms with van der Waals surface area (Å²) in [6, 6.07) is 4.64. The summed E-state index contributed by atoms with van der Waals surface area (Å²) < 4.78 is 0. The largest absolute Gasteiger partial charge is 0.197 e. The topological polar surface area (TPSA) is 47.6 Å². The highest BCUT2D eigenvalue weighted by Gasteiger charge is 2.60. The zero-order valence-electron chi connectivity index (χ0n) is 9.45. The second-order valence-electron chi connectivity index (χ2n) is 5.75. The zero-order chi connectivity index (χ0) is 11.3. The van der Waals surface area contributed by atoms with Crippen LogP contribution in [0.5, 0.6) is 0 Å². The second kappa shape index (κ2) is 3.11. The summed E-state index contributed by atoms with van der Waals surface area (Å²) in [4.78, 5) is 0. The van der Waals surface area contributed by atoms with Gasteiger partial charge in [0.15, 0.2) is 5.41 Å². The molecule has 3 rings (SSSR count). The van der Waals surface area contributed by atoms with Gasteiger partial charge in [-0.1, -0.05) is 25.0 Å². The second-order valence-corrected chi connectivity index (χ2v) is 5.75. The third-order valence-electron chi connectivity index (χ3n) is 5.17. The zero-order valence-corrected chi connectivity index (χ0v) is 9.45. The molecule has 0 heterocycles. The van der Waals surface area contributed by atoms with Crippen LogP contribution in [0.1, 0.15) is 32.1 Å². The van der Waals surface area contributed by atoms with Crippen molar-refractivity contribution in [2.24, 2.45) is 29.1 Å². The van der Waals surface area contributed by atoms with Crippen LogP contribution in [-0.4, -0.2) is 0 Å². The molecular weight excluding hydrogens is 196 g/mol. The van der Waals surface area contributed by atoms with Gasteiger partial charge in [-0.15, -0.1) is 0 Å². The SMILES string of the molecule is C=C1CC(C#N)(C#N)C2C1CC1CCCC12. The Hall–Kier alpha value is -1.28. The quantitative estimate of drug-likeness (QED) is 0.579. The van der Waals surface area contributed by atoms with Gasteiger partial charge in [0.25, 0.3) is 0 Å². The van der Waals surface area contributed by atoms with E-state index in [1.54, 1.807) is 0 Å². The van der Waals surface area contributed by atoms with E-state index >= 15 is 0 Å². The van der Waals surface area contributed by atoms with Crippen molar-refractivity contribution in [1.82, 2.24) is 0 Å². The van der Waals surface area contributed by atoms with E-state index in [9.17, 15) is 10.5 Å². The Labute approximate surface area is 96.6 Å². The molecule has 0 amide bonds. The Morgan fingerprint density at radius 3 is 2.69 bits per heavy atom. The van der Waals surface area contributed by atoms with Gasteiger partial charge in [-0.25, -0.2) is 0 Å². The third-order valence-corrected chi connectivity index (χ3v) is 5.17. The highest BCUT2D eigenvalue weighted by molar-refractivity contribution is 5.33. The number of fused-ring (bicyclic) bond motifs is 3. The van der Waals surface area contributed by atoms with Crippen molar-refractivity contribution in [1.29, 1.82) is 10.5 Å². The fourth-order valence-electron chi connectivity index (χ4n) is 4.59. The van der Waals surface area contributed by atoms with Crippen molar-refractivity contribution in [3.8, 4) is 12.1 Å². The number of nitrogens with zero attached hydrogens (tertiary/aromatic N) is 2. The molecule has 0 bridgehead atoms. The molecule has 82 valence electrons. The Bertz CT molecular complexity index is 409. The van der Waals surface area contributed by atoms with Crippen LogP contribution in [0.15, 0.2) is 12.2 Å². The first-order valence-electron chi connectivity index (χ1n) is 6.22. The van der Waals surface area contributed by atoms with Gasteiger partial charge in [-0.3, -0.25) is 0 Å². The molecule has 4 unspecified atom stereocenters. The molecule has 0 N–H and O–H groups in total. The fourth-order valence-corrected chi connectivity index (χ4v) is 4.59. The molecule has 3 aliphatic carbocycles. The fraction of sp³-hybridized carbons (Fsp3) is 0.714. The molecule has 4 atom stereocenters. The molecule has 3 fully saturated rings. The first kappa shape index (κ1) is 9.91. The van der Waals surface area contributed by atoms with Crippen molar-refractivity contribution >= 4 is 0 Å². The Morgan fingerprint density at radius 2 is 2.00 bits per heavy atom. The van der Waals surface area contributed by atoms with E-state index in [4.69, 9.17) is 0 Å². The average Bonchev–Trinajstić information content (AvgIpc) is 2.90. The lowest BCUT2D eigenvalue weighted by Crippen LogP contribution is -2.28. The summed E-state index contributed by atoms with van der Waals surface area (Å²) in [6.45, 7) is 4.11. The van der Waals surface area contributed by atoms with Gasteiger partial charge in [-0.05, 0) is 30.6 Å². The van der Waals surface area contributed by atoms with Crippen LogP contribution in [-0.2, 0) is 0 Å². The van der Waals surface area contributed by atoms with Crippen LogP contribution in [0.3, 0.4) is 0 Å². The normalized spacial score (nSPS) is 43.5. The van der Waals surface area contributed by atoms with Crippen molar-refractivity contribution in [2.75, 3.05) is 0 Å². The number of allylic oxidation sites excluding steroid dienone is 1. The lowest BCUT2D eigenvalue weighted by Gasteiger charge is -2.25. The predicted molar refractivity (Wildman–Crippen MR) is 59.8 cm³/mol. The van der Waals surface area contributed by atoms with Crippen LogP contribution in [0.25, 0.3) is 0 Å². The molecular formula is C14H16N2. The van der Waals surface area contributed by atoms with E-state index in [0.717, 1.165) is 5.92 Å². The van der Waals surface area contributed by atoms with Crippen LogP contribution in [0.2, 0.25) is 0 Å². The third kappa shape index (κ3) is 1.00. The first-order chi connectivity index (χ1) is 7.72. The minimum absolute atomic E-state index is 0.294. The van der Waals surface area contributed by atoms with Gasteiger partial charge in [-0.2, -0.15) is 10.5 Å². The Morgan fingerprint density at radius 1 is 1.25 bits per heavy atom. The standard InChI is InChI=1S/C14H16N2/c1-9-6-14(7-15,8-16)13-11-4-2-3-10(11)5-12(9)13/h10-13H,1-6H2. The van der Waals surface area contributed by atoms with Gasteiger partial charge in [0.2, 0.25) is 0 Å². The van der Waals surface area contributed by atoms with Gasteiger partial charge in [0, 0.05) is 12.3 Å². The molecule has 0 aliphatic heterocycles. The van der Waals surface area contributed by atoms with E-state index in [0.29, 0.717) is 24.2 Å². The van der Waals surface area contributed by atoms with E-state index in [1.807, 2.05) is 0 Å².